The van der Waals surface area contributed by atoms with Gasteiger partial charge in [-0.2, -0.15) is 0 Å². The van der Waals surface area contributed by atoms with Crippen LogP contribution in [-0.4, -0.2) is 44.1 Å². The molecular formula is C35H73N2O+. The van der Waals surface area contributed by atoms with Crippen LogP contribution in [0, 0.1) is 0 Å². The van der Waals surface area contributed by atoms with Crippen LogP contribution in [-0.2, 0) is 4.79 Å². The number of unbranched alkanes of at least 4 members (excludes halogenated alkanes) is 23. The summed E-state index contributed by atoms with van der Waals surface area (Å²) in [6.45, 7) is 7.86. The van der Waals surface area contributed by atoms with Crippen molar-refractivity contribution in [1.82, 2.24) is 5.32 Å². The fraction of sp³-hybridized carbons (Fsp3) is 0.971. The highest BCUT2D eigenvalue weighted by Crippen LogP contribution is 2.14. The van der Waals surface area contributed by atoms with E-state index in [1.54, 1.807) is 0 Å². The van der Waals surface area contributed by atoms with Crippen molar-refractivity contribution < 1.29 is 9.28 Å². The third-order valence-electron chi connectivity index (χ3n) is 8.39. The first-order valence-corrected chi connectivity index (χ1v) is 17.6. The molecule has 0 unspecified atom stereocenters. The third kappa shape index (κ3) is 30.0. The Bertz CT molecular complexity index is 477. The van der Waals surface area contributed by atoms with Crippen molar-refractivity contribution >= 4 is 5.91 Å². The van der Waals surface area contributed by atoms with Gasteiger partial charge in [0.05, 0.1) is 27.2 Å². The van der Waals surface area contributed by atoms with Gasteiger partial charge in [-0.1, -0.05) is 155 Å². The van der Waals surface area contributed by atoms with Gasteiger partial charge in [-0.3, -0.25) is 4.79 Å². The van der Waals surface area contributed by atoms with E-state index in [4.69, 9.17) is 0 Å². The van der Waals surface area contributed by atoms with E-state index in [1.165, 1.54) is 161 Å². The molecule has 0 heterocycles. The lowest BCUT2D eigenvalue weighted by Crippen LogP contribution is -2.42. The second-order valence-electron chi connectivity index (χ2n) is 13.0. The normalized spacial score (nSPS) is 11.8. The molecule has 3 heteroatoms. The molecule has 0 radical (unpaired) electrons. The molecule has 0 aliphatic heterocycles. The largest absolute Gasteiger partial charge is 0.356 e. The van der Waals surface area contributed by atoms with Gasteiger partial charge in [0.15, 0.2) is 0 Å². The molecule has 0 aliphatic rings. The zero-order chi connectivity index (χ0) is 28.0. The maximum Gasteiger partial charge on any atom is 0.219 e. The number of hydrogen-bond donors (Lipinski definition) is 1. The standard InChI is InChI=1S/C35H72N2O/c1-5-7-9-11-13-15-17-18-19-20-21-22-24-26-28-31-35(38)36-32-30-34-37(3,4)33-29-27-25-23-16-14-12-10-8-6-2/h5-34H2,1-4H3/p+1. The van der Waals surface area contributed by atoms with Crippen LogP contribution in [0.2, 0.25) is 0 Å². The molecule has 0 fully saturated rings. The Labute approximate surface area is 241 Å². The number of rotatable bonds is 31. The van der Waals surface area contributed by atoms with Gasteiger partial charge < -0.3 is 9.80 Å². The predicted octanol–water partition coefficient (Wildman–Crippen LogP) is 10.8. The van der Waals surface area contributed by atoms with Gasteiger partial charge in [0.2, 0.25) is 5.91 Å². The Balaban J connectivity index is 3.38. The van der Waals surface area contributed by atoms with Crippen molar-refractivity contribution in [3.8, 4) is 0 Å². The Morgan fingerprint density at radius 2 is 0.763 bits per heavy atom. The summed E-state index contributed by atoms with van der Waals surface area (Å²) in [6, 6.07) is 0. The highest BCUT2D eigenvalue weighted by atomic mass is 16.1. The Morgan fingerprint density at radius 1 is 0.447 bits per heavy atom. The molecule has 0 saturated heterocycles. The molecule has 1 N–H and O–H groups in total. The molecule has 0 aromatic carbocycles. The van der Waals surface area contributed by atoms with Crippen molar-refractivity contribution in [2.24, 2.45) is 0 Å². The van der Waals surface area contributed by atoms with Crippen molar-refractivity contribution in [3.05, 3.63) is 0 Å². The van der Waals surface area contributed by atoms with Crippen LogP contribution in [0.4, 0.5) is 0 Å². The lowest BCUT2D eigenvalue weighted by atomic mass is 10.0. The first-order chi connectivity index (χ1) is 18.5. The maximum absolute atomic E-state index is 12.2. The first kappa shape index (κ1) is 37.4. The van der Waals surface area contributed by atoms with Crippen molar-refractivity contribution in [3.63, 3.8) is 0 Å². The minimum absolute atomic E-state index is 0.264. The molecule has 0 atom stereocenters. The van der Waals surface area contributed by atoms with E-state index in [9.17, 15) is 4.79 Å². The molecule has 228 valence electrons. The zero-order valence-corrected chi connectivity index (χ0v) is 27.1. The summed E-state index contributed by atoms with van der Waals surface area (Å²) < 4.78 is 1.09. The second kappa shape index (κ2) is 29.4. The summed E-state index contributed by atoms with van der Waals surface area (Å²) in [5.74, 6) is 0.264. The summed E-state index contributed by atoms with van der Waals surface area (Å²) in [7, 11) is 4.70. The minimum Gasteiger partial charge on any atom is -0.356 e. The summed E-state index contributed by atoms with van der Waals surface area (Å²) >= 11 is 0. The van der Waals surface area contributed by atoms with E-state index in [-0.39, 0.29) is 5.91 Å². The van der Waals surface area contributed by atoms with Gasteiger partial charge in [0.1, 0.15) is 0 Å². The summed E-state index contributed by atoms with van der Waals surface area (Å²) in [4.78, 5) is 12.2. The number of amides is 1. The maximum atomic E-state index is 12.2. The highest BCUT2D eigenvalue weighted by Gasteiger charge is 2.14. The van der Waals surface area contributed by atoms with E-state index >= 15 is 0 Å². The zero-order valence-electron chi connectivity index (χ0n) is 27.1. The van der Waals surface area contributed by atoms with E-state index in [0.717, 1.165) is 36.8 Å². The van der Waals surface area contributed by atoms with Crippen LogP contribution < -0.4 is 5.32 Å². The van der Waals surface area contributed by atoms with Crippen LogP contribution in [0.15, 0.2) is 0 Å². The fourth-order valence-electron chi connectivity index (χ4n) is 5.62. The van der Waals surface area contributed by atoms with Gasteiger partial charge in [0.25, 0.3) is 0 Å². The summed E-state index contributed by atoms with van der Waals surface area (Å²) in [5.41, 5.74) is 0. The van der Waals surface area contributed by atoms with E-state index < -0.39 is 0 Å². The molecule has 0 spiro atoms. The van der Waals surface area contributed by atoms with Crippen molar-refractivity contribution in [1.29, 1.82) is 0 Å². The molecule has 0 saturated carbocycles. The van der Waals surface area contributed by atoms with E-state index in [0.29, 0.717) is 0 Å². The molecule has 0 aromatic rings. The summed E-state index contributed by atoms with van der Waals surface area (Å²) in [6.07, 6.45) is 36.4. The molecule has 0 aromatic heterocycles. The van der Waals surface area contributed by atoms with Crippen molar-refractivity contribution in [2.75, 3.05) is 33.7 Å². The van der Waals surface area contributed by atoms with Crippen molar-refractivity contribution in [2.45, 2.75) is 187 Å². The molecule has 3 nitrogen and oxygen atoms in total. The number of nitrogens with zero attached hydrogens (tertiary/aromatic N) is 1. The highest BCUT2D eigenvalue weighted by molar-refractivity contribution is 5.75. The topological polar surface area (TPSA) is 29.1 Å². The van der Waals surface area contributed by atoms with Crippen LogP contribution >= 0.6 is 0 Å². The van der Waals surface area contributed by atoms with E-state index in [2.05, 4.69) is 33.3 Å². The SMILES string of the molecule is CCCCCCCCCCCCCCCCCC(=O)NCCC[N+](C)(C)CCCCCCCCCCCC. The van der Waals surface area contributed by atoms with Crippen LogP contribution in [0.5, 0.6) is 0 Å². The predicted molar refractivity (Wildman–Crippen MR) is 171 cm³/mol. The Morgan fingerprint density at radius 3 is 1.16 bits per heavy atom. The monoisotopic (exact) mass is 538 g/mol. The van der Waals surface area contributed by atoms with Gasteiger partial charge in [-0.05, 0) is 19.3 Å². The lowest BCUT2D eigenvalue weighted by Gasteiger charge is -2.30. The number of nitrogens with one attached hydrogen (secondary N) is 1. The lowest BCUT2D eigenvalue weighted by molar-refractivity contribution is -0.890. The quantitative estimate of drug-likeness (QED) is 0.0691. The van der Waals surface area contributed by atoms with Crippen LogP contribution in [0.3, 0.4) is 0 Å². The number of carbonyl (C=O) groups is 1. The van der Waals surface area contributed by atoms with Gasteiger partial charge in [-0.15, -0.1) is 0 Å². The van der Waals surface area contributed by atoms with Gasteiger partial charge in [0, 0.05) is 19.4 Å². The molecule has 0 aliphatic carbocycles. The third-order valence-corrected chi connectivity index (χ3v) is 8.39. The number of hydrogen-bond acceptors (Lipinski definition) is 1. The molecule has 38 heavy (non-hydrogen) atoms. The average molecular weight is 538 g/mol. The first-order valence-electron chi connectivity index (χ1n) is 17.6. The number of carbonyl (C=O) groups excluding carboxylic acids is 1. The Hall–Kier alpha value is -0.570. The molecular weight excluding hydrogens is 464 g/mol. The van der Waals surface area contributed by atoms with Gasteiger partial charge in [-0.25, -0.2) is 0 Å². The fourth-order valence-corrected chi connectivity index (χ4v) is 5.62. The Kier molecular flexibility index (Phi) is 29.0. The average Bonchev–Trinajstić information content (AvgIpc) is 2.90. The van der Waals surface area contributed by atoms with Gasteiger partial charge >= 0.3 is 0 Å². The molecule has 0 rings (SSSR count). The smallest absolute Gasteiger partial charge is 0.219 e. The van der Waals surface area contributed by atoms with Crippen LogP contribution in [0.1, 0.15) is 187 Å². The summed E-state index contributed by atoms with van der Waals surface area (Å²) in [5, 5.41) is 3.16. The number of quaternary nitrogens is 1. The molecule has 1 amide bonds. The second-order valence-corrected chi connectivity index (χ2v) is 13.0. The molecule has 0 bridgehead atoms. The van der Waals surface area contributed by atoms with E-state index in [1.807, 2.05) is 0 Å². The minimum atomic E-state index is 0.264. The van der Waals surface area contributed by atoms with Crippen LogP contribution in [0.25, 0.3) is 0 Å².